The van der Waals surface area contributed by atoms with Gasteiger partial charge in [0.1, 0.15) is 0 Å². The largest absolute Gasteiger partial charge is 0.429 e. The number of ether oxygens (including phenoxy) is 1. The fourth-order valence-electron chi connectivity index (χ4n) is 1.63. The molecule has 0 aliphatic rings. The van der Waals surface area contributed by atoms with Gasteiger partial charge in [0, 0.05) is 5.39 Å². The summed E-state index contributed by atoms with van der Waals surface area (Å²) < 4.78 is 54.9. The van der Waals surface area contributed by atoms with E-state index in [2.05, 4.69) is 4.74 Å². The molecule has 0 aromatic heterocycles. The van der Waals surface area contributed by atoms with Gasteiger partial charge in [-0.05, 0) is 18.4 Å². The normalized spacial score (nSPS) is 11.2. The van der Waals surface area contributed by atoms with E-state index in [1.165, 1.54) is 6.07 Å². The van der Waals surface area contributed by atoms with Gasteiger partial charge in [-0.25, -0.2) is 8.78 Å². The Morgan fingerprint density at radius 2 is 1.82 bits per heavy atom. The molecule has 0 saturated carbocycles. The molecule has 0 saturated heterocycles. The molecule has 0 atom stereocenters. The Morgan fingerprint density at radius 3 is 2.47 bits per heavy atom. The van der Waals surface area contributed by atoms with E-state index in [1.54, 1.807) is 19.1 Å². The second kappa shape index (κ2) is 4.24. The summed E-state index contributed by atoms with van der Waals surface area (Å²) in [6, 6.07) is 5.55. The first-order chi connectivity index (χ1) is 7.99. The summed E-state index contributed by atoms with van der Waals surface area (Å²) in [6.45, 7) is -1.50. The lowest BCUT2D eigenvalue weighted by Gasteiger charge is -2.09. The third kappa shape index (κ3) is 2.18. The van der Waals surface area contributed by atoms with Gasteiger partial charge in [-0.2, -0.15) is 8.78 Å². The van der Waals surface area contributed by atoms with E-state index >= 15 is 0 Å². The summed E-state index contributed by atoms with van der Waals surface area (Å²) in [5, 5.41) is 0.356. The van der Waals surface area contributed by atoms with Gasteiger partial charge >= 0.3 is 6.61 Å². The van der Waals surface area contributed by atoms with Crippen LogP contribution in [0.4, 0.5) is 17.6 Å². The first-order valence-electron chi connectivity index (χ1n) is 4.82. The molecule has 90 valence electrons. The van der Waals surface area contributed by atoms with Gasteiger partial charge in [0.25, 0.3) is 0 Å². The summed E-state index contributed by atoms with van der Waals surface area (Å²) in [4.78, 5) is 0. The first-order valence-corrected chi connectivity index (χ1v) is 4.82. The molecule has 2 aromatic rings. The summed E-state index contributed by atoms with van der Waals surface area (Å²) in [5.41, 5.74) is 0.818. The molecule has 0 aliphatic carbocycles. The van der Waals surface area contributed by atoms with Crippen LogP contribution >= 0.6 is 0 Å². The van der Waals surface area contributed by atoms with Gasteiger partial charge in [0.2, 0.25) is 0 Å². The van der Waals surface area contributed by atoms with Crippen molar-refractivity contribution < 1.29 is 22.3 Å². The Labute approximate surface area is 94.6 Å². The lowest BCUT2D eigenvalue weighted by Crippen LogP contribution is -2.06. The maximum absolute atomic E-state index is 13.7. The standard InChI is InChI=1S/C12H8F4O/c1-6-2-3-8-7(4-6)5-9(13)11(10(8)14)17-12(15)16/h2-5,12H,1H3. The molecule has 1 nitrogen and oxygen atoms in total. The second-order valence-corrected chi connectivity index (χ2v) is 3.60. The zero-order valence-corrected chi connectivity index (χ0v) is 8.81. The minimum Gasteiger partial charge on any atom is -0.429 e. The van der Waals surface area contributed by atoms with Crippen molar-refractivity contribution >= 4 is 10.8 Å². The van der Waals surface area contributed by atoms with Crippen LogP contribution in [-0.2, 0) is 0 Å². The number of aryl methyl sites for hydroxylation is 1. The van der Waals surface area contributed by atoms with E-state index in [4.69, 9.17) is 0 Å². The second-order valence-electron chi connectivity index (χ2n) is 3.60. The molecule has 2 aromatic carbocycles. The Kier molecular flexibility index (Phi) is 2.92. The lowest BCUT2D eigenvalue weighted by molar-refractivity contribution is -0.0544. The van der Waals surface area contributed by atoms with Crippen LogP contribution in [0, 0.1) is 18.6 Å². The van der Waals surface area contributed by atoms with Crippen LogP contribution in [0.2, 0.25) is 0 Å². The molecular weight excluding hydrogens is 236 g/mol. The molecule has 2 rings (SSSR count). The third-order valence-electron chi connectivity index (χ3n) is 2.35. The molecule has 5 heteroatoms. The van der Waals surface area contributed by atoms with Crippen molar-refractivity contribution in [2.45, 2.75) is 13.5 Å². The Bertz CT molecular complexity index is 566. The predicted molar refractivity (Wildman–Crippen MR) is 55.2 cm³/mol. The van der Waals surface area contributed by atoms with Gasteiger partial charge in [-0.1, -0.05) is 23.8 Å². The van der Waals surface area contributed by atoms with Crippen LogP contribution in [0.5, 0.6) is 5.75 Å². The number of alkyl halides is 2. The lowest BCUT2D eigenvalue weighted by atomic mass is 10.1. The number of halogens is 4. The number of hydrogen-bond acceptors (Lipinski definition) is 1. The number of rotatable bonds is 2. The van der Waals surface area contributed by atoms with Crippen LogP contribution in [0.1, 0.15) is 5.56 Å². The summed E-state index contributed by atoms with van der Waals surface area (Å²) in [6.07, 6.45) is 0. The smallest absolute Gasteiger partial charge is 0.387 e. The Hall–Kier alpha value is -1.78. The highest BCUT2D eigenvalue weighted by Gasteiger charge is 2.18. The van der Waals surface area contributed by atoms with E-state index in [0.717, 1.165) is 11.6 Å². The zero-order valence-electron chi connectivity index (χ0n) is 8.81. The monoisotopic (exact) mass is 244 g/mol. The minimum absolute atomic E-state index is 0.0487. The molecule has 0 spiro atoms. The van der Waals surface area contributed by atoms with Gasteiger partial charge in [0.05, 0.1) is 0 Å². The highest BCUT2D eigenvalue weighted by atomic mass is 19.3. The fraction of sp³-hybridized carbons (Fsp3) is 0.167. The van der Waals surface area contributed by atoms with Crippen LogP contribution in [0.3, 0.4) is 0 Å². The summed E-state index contributed by atoms with van der Waals surface area (Å²) in [7, 11) is 0. The number of hydrogen-bond donors (Lipinski definition) is 0. The van der Waals surface area contributed by atoms with Crippen molar-refractivity contribution in [2.24, 2.45) is 0 Å². The van der Waals surface area contributed by atoms with Gasteiger partial charge < -0.3 is 4.74 Å². The zero-order chi connectivity index (χ0) is 12.6. The predicted octanol–water partition coefficient (Wildman–Crippen LogP) is 4.03. The quantitative estimate of drug-likeness (QED) is 0.725. The number of fused-ring (bicyclic) bond motifs is 1. The number of benzene rings is 2. The van der Waals surface area contributed by atoms with E-state index in [-0.39, 0.29) is 5.39 Å². The van der Waals surface area contributed by atoms with Crippen molar-refractivity contribution in [1.29, 1.82) is 0 Å². The van der Waals surface area contributed by atoms with Crippen LogP contribution in [0.25, 0.3) is 10.8 Å². The van der Waals surface area contributed by atoms with E-state index in [1.807, 2.05) is 0 Å². The molecule has 0 amide bonds. The molecule has 0 radical (unpaired) electrons. The Morgan fingerprint density at radius 1 is 1.12 bits per heavy atom. The van der Waals surface area contributed by atoms with Crippen LogP contribution in [-0.4, -0.2) is 6.61 Å². The highest BCUT2D eigenvalue weighted by molar-refractivity contribution is 5.85. The molecular formula is C12H8F4O. The SMILES string of the molecule is Cc1ccc2c(F)c(OC(F)F)c(F)cc2c1. The average Bonchev–Trinajstić information content (AvgIpc) is 2.23. The van der Waals surface area contributed by atoms with Gasteiger partial charge in [0.15, 0.2) is 17.4 Å². The van der Waals surface area contributed by atoms with Crippen LogP contribution in [0.15, 0.2) is 24.3 Å². The van der Waals surface area contributed by atoms with Gasteiger partial charge in [-0.15, -0.1) is 0 Å². The van der Waals surface area contributed by atoms with Crippen molar-refractivity contribution in [3.63, 3.8) is 0 Å². The fourth-order valence-corrected chi connectivity index (χ4v) is 1.63. The third-order valence-corrected chi connectivity index (χ3v) is 2.35. The van der Waals surface area contributed by atoms with E-state index < -0.39 is 24.0 Å². The molecule has 0 heterocycles. The average molecular weight is 244 g/mol. The molecule has 0 unspecified atom stereocenters. The van der Waals surface area contributed by atoms with Crippen molar-refractivity contribution in [3.05, 3.63) is 41.5 Å². The molecule has 0 N–H and O–H groups in total. The molecule has 0 aliphatic heterocycles. The Balaban J connectivity index is 2.67. The van der Waals surface area contributed by atoms with Crippen molar-refractivity contribution in [2.75, 3.05) is 0 Å². The summed E-state index contributed by atoms with van der Waals surface area (Å²) in [5.74, 6) is -3.29. The molecule has 0 fully saturated rings. The van der Waals surface area contributed by atoms with E-state index in [0.29, 0.717) is 5.39 Å². The first kappa shape index (κ1) is 11.7. The minimum atomic E-state index is -3.26. The van der Waals surface area contributed by atoms with Crippen molar-refractivity contribution in [3.8, 4) is 5.75 Å². The van der Waals surface area contributed by atoms with Gasteiger partial charge in [-0.3, -0.25) is 0 Å². The molecule has 0 bridgehead atoms. The van der Waals surface area contributed by atoms with Crippen molar-refractivity contribution in [1.82, 2.24) is 0 Å². The van der Waals surface area contributed by atoms with Crippen LogP contribution < -0.4 is 4.74 Å². The highest BCUT2D eigenvalue weighted by Crippen LogP contribution is 2.31. The summed E-state index contributed by atoms with van der Waals surface area (Å²) >= 11 is 0. The molecule has 17 heavy (non-hydrogen) atoms. The topological polar surface area (TPSA) is 9.23 Å². The maximum Gasteiger partial charge on any atom is 0.387 e. The maximum atomic E-state index is 13.7. The van der Waals surface area contributed by atoms with E-state index in [9.17, 15) is 17.6 Å².